The van der Waals surface area contributed by atoms with Gasteiger partial charge in [-0.25, -0.2) is 4.57 Å². The lowest BCUT2D eigenvalue weighted by atomic mass is 10.1. The Morgan fingerprint density at radius 1 is 0.441 bits per heavy atom. The van der Waals surface area contributed by atoms with E-state index in [1.807, 2.05) is 0 Å². The molecule has 8 nitrogen and oxygen atoms in total. The summed E-state index contributed by atoms with van der Waals surface area (Å²) < 4.78 is 33.6. The number of nitrogens with two attached hydrogens (primary N) is 1. The third-order valence-corrected chi connectivity index (χ3v) is 11.5. The van der Waals surface area contributed by atoms with Crippen LogP contribution in [0.2, 0.25) is 0 Å². The fourth-order valence-corrected chi connectivity index (χ4v) is 7.50. The summed E-state index contributed by atoms with van der Waals surface area (Å²) in [6, 6.07) is 0. The second-order valence-electron chi connectivity index (χ2n) is 17.0. The normalized spacial score (nSPS) is 14.4. The van der Waals surface area contributed by atoms with Crippen LogP contribution in [0.15, 0.2) is 134 Å². The number of phosphoric acid groups is 1. The van der Waals surface area contributed by atoms with Crippen molar-refractivity contribution in [2.24, 2.45) is 5.73 Å². The highest BCUT2D eigenvalue weighted by atomic mass is 31.2. The van der Waals surface area contributed by atoms with Crippen molar-refractivity contribution in [2.75, 3.05) is 33.0 Å². The van der Waals surface area contributed by atoms with Crippen molar-refractivity contribution in [1.29, 1.82) is 0 Å². The molecule has 0 aromatic heterocycles. The van der Waals surface area contributed by atoms with E-state index in [1.54, 1.807) is 0 Å². The Balaban J connectivity index is 4.05. The minimum Gasteiger partial charge on any atom is -0.457 e. The Morgan fingerprint density at radius 2 is 0.779 bits per heavy atom. The maximum absolute atomic E-state index is 12.7. The van der Waals surface area contributed by atoms with E-state index in [0.29, 0.717) is 13.0 Å². The number of ether oxygens (including phenoxy) is 2. The van der Waals surface area contributed by atoms with Crippen molar-refractivity contribution in [1.82, 2.24) is 0 Å². The van der Waals surface area contributed by atoms with E-state index < -0.39 is 13.9 Å². The molecule has 0 aromatic rings. The number of allylic oxidation sites excluding steroid dienone is 22. The van der Waals surface area contributed by atoms with Crippen molar-refractivity contribution in [3.8, 4) is 0 Å². The predicted molar refractivity (Wildman–Crippen MR) is 293 cm³/mol. The van der Waals surface area contributed by atoms with Gasteiger partial charge in [0, 0.05) is 19.6 Å². The van der Waals surface area contributed by atoms with Gasteiger partial charge in [0.2, 0.25) is 0 Å². The van der Waals surface area contributed by atoms with Gasteiger partial charge in [-0.15, -0.1) is 0 Å². The van der Waals surface area contributed by atoms with Gasteiger partial charge in [0.25, 0.3) is 0 Å². The summed E-state index contributed by atoms with van der Waals surface area (Å²) in [6.07, 6.45) is 77.7. The molecule has 0 bridgehead atoms. The molecule has 0 spiro atoms. The molecule has 2 unspecified atom stereocenters. The lowest BCUT2D eigenvalue weighted by molar-refractivity contribution is -0.154. The van der Waals surface area contributed by atoms with Crippen LogP contribution in [0, 0.1) is 0 Å². The molecule has 9 heteroatoms. The number of carbonyl (C=O) groups excluding carboxylic acids is 1. The first-order valence-corrected chi connectivity index (χ1v) is 28.2. The van der Waals surface area contributed by atoms with Gasteiger partial charge < -0.3 is 20.1 Å². The zero-order valence-electron chi connectivity index (χ0n) is 43.0. The van der Waals surface area contributed by atoms with Crippen molar-refractivity contribution < 1.29 is 32.8 Å². The largest absolute Gasteiger partial charge is 0.472 e. The van der Waals surface area contributed by atoms with Gasteiger partial charge in [0.1, 0.15) is 6.10 Å². The van der Waals surface area contributed by atoms with Crippen molar-refractivity contribution in [3.63, 3.8) is 0 Å². The standard InChI is InChI=1S/C59H98NO7P/c1-3-5-7-9-11-13-15-17-19-21-23-25-27-29-30-32-34-36-38-40-42-44-46-48-50-52-59(61)67-58(57-66-68(62,63)65-55-53-60)56-64-54-51-49-47-45-43-41-39-37-35-33-31-28-26-24-22-20-18-16-14-12-10-8-6-4-2/h5-8,11-14,17-20,23-26,29-30,34,36,40,42,58H,3-4,9-10,15-16,21-22,27-28,31-33,35,37-39,41,43-57,60H2,1-2H3,(H,62,63)/b7-5-,8-6-,13-11-,14-12-,19-17-,20-18-,25-23-,26-24-,30-29-,36-34-,42-40-. The Labute approximate surface area is 417 Å². The second-order valence-corrected chi connectivity index (χ2v) is 18.4. The van der Waals surface area contributed by atoms with Crippen LogP contribution >= 0.6 is 7.82 Å². The number of rotatable bonds is 49. The van der Waals surface area contributed by atoms with Crippen molar-refractivity contribution in [3.05, 3.63) is 134 Å². The average Bonchev–Trinajstić information content (AvgIpc) is 3.33. The summed E-state index contributed by atoms with van der Waals surface area (Å²) in [6.45, 7) is 4.62. The molecule has 0 aromatic carbocycles. The molecule has 3 N–H and O–H groups in total. The molecule has 0 amide bonds. The van der Waals surface area contributed by atoms with E-state index in [0.717, 1.165) is 103 Å². The molecule has 0 heterocycles. The summed E-state index contributed by atoms with van der Waals surface area (Å²) in [5.74, 6) is -0.368. The van der Waals surface area contributed by atoms with Crippen LogP contribution in [0.25, 0.3) is 0 Å². The molecule has 386 valence electrons. The van der Waals surface area contributed by atoms with Gasteiger partial charge in [-0.2, -0.15) is 0 Å². The molecule has 0 fully saturated rings. The molecular weight excluding hydrogens is 866 g/mol. The van der Waals surface area contributed by atoms with E-state index in [2.05, 4.69) is 148 Å². The lowest BCUT2D eigenvalue weighted by Gasteiger charge is -2.20. The first-order valence-electron chi connectivity index (χ1n) is 26.7. The fraction of sp³-hybridized carbons (Fsp3) is 0.610. The van der Waals surface area contributed by atoms with Gasteiger partial charge in [-0.1, -0.05) is 212 Å². The van der Waals surface area contributed by atoms with E-state index in [4.69, 9.17) is 24.3 Å². The van der Waals surface area contributed by atoms with Crippen molar-refractivity contribution >= 4 is 13.8 Å². The van der Waals surface area contributed by atoms with Gasteiger partial charge in [0.05, 0.1) is 19.8 Å². The Hall–Kier alpha value is -3.36. The maximum Gasteiger partial charge on any atom is 0.472 e. The SMILES string of the molecule is CC/C=C\C/C=C\C/C=C\C/C=C\C/C=C\C/C=C\C/C=C\CCCCCC(=O)OC(COCCCCCCCCCCCCC/C=C\C/C=C\C/C=C\C/C=C\CC)COP(=O)(O)OCCN. The molecule has 0 aliphatic carbocycles. The molecule has 68 heavy (non-hydrogen) atoms. The van der Waals surface area contributed by atoms with Crippen LogP contribution in [0.1, 0.15) is 194 Å². The van der Waals surface area contributed by atoms with Crippen LogP contribution in [-0.2, 0) is 27.9 Å². The smallest absolute Gasteiger partial charge is 0.457 e. The highest BCUT2D eigenvalue weighted by molar-refractivity contribution is 7.47. The first kappa shape index (κ1) is 64.6. The molecule has 2 atom stereocenters. The molecule has 0 saturated carbocycles. The topological polar surface area (TPSA) is 117 Å². The second kappa shape index (κ2) is 54.6. The fourth-order valence-electron chi connectivity index (χ4n) is 6.73. The van der Waals surface area contributed by atoms with Crippen LogP contribution in [0.4, 0.5) is 0 Å². The minimum atomic E-state index is -4.31. The lowest BCUT2D eigenvalue weighted by Crippen LogP contribution is -2.28. The highest BCUT2D eigenvalue weighted by Crippen LogP contribution is 2.43. The molecule has 0 saturated heterocycles. The number of carbonyl (C=O) groups is 1. The Bertz CT molecular complexity index is 1500. The molecular formula is C59H98NO7P. The maximum atomic E-state index is 12.7. The predicted octanol–water partition coefficient (Wildman–Crippen LogP) is 17.1. The molecule has 0 radical (unpaired) electrons. The summed E-state index contributed by atoms with van der Waals surface area (Å²) in [7, 11) is -4.31. The van der Waals surface area contributed by atoms with E-state index in [1.165, 1.54) is 64.2 Å². The monoisotopic (exact) mass is 964 g/mol. The number of hydrogen-bond acceptors (Lipinski definition) is 7. The van der Waals surface area contributed by atoms with Crippen LogP contribution in [0.5, 0.6) is 0 Å². The Morgan fingerprint density at radius 3 is 1.16 bits per heavy atom. The molecule has 0 aliphatic rings. The minimum absolute atomic E-state index is 0.0862. The Kier molecular flexibility index (Phi) is 51.9. The number of esters is 1. The summed E-state index contributed by atoms with van der Waals surface area (Å²) in [4.78, 5) is 22.6. The van der Waals surface area contributed by atoms with Crippen molar-refractivity contribution in [2.45, 2.75) is 200 Å². The van der Waals surface area contributed by atoms with Gasteiger partial charge in [0.15, 0.2) is 0 Å². The quantitative estimate of drug-likeness (QED) is 0.0268. The van der Waals surface area contributed by atoms with E-state index in [9.17, 15) is 14.3 Å². The average molecular weight is 964 g/mol. The van der Waals surface area contributed by atoms with Crippen LogP contribution in [0.3, 0.4) is 0 Å². The van der Waals surface area contributed by atoms with Gasteiger partial charge in [-0.3, -0.25) is 13.8 Å². The summed E-state index contributed by atoms with van der Waals surface area (Å²) in [5, 5.41) is 0. The van der Waals surface area contributed by atoms with Gasteiger partial charge >= 0.3 is 13.8 Å². The number of phosphoric ester groups is 1. The van der Waals surface area contributed by atoms with Crippen LogP contribution < -0.4 is 5.73 Å². The first-order chi connectivity index (χ1) is 33.4. The van der Waals surface area contributed by atoms with Gasteiger partial charge in [-0.05, 0) is 109 Å². The highest BCUT2D eigenvalue weighted by Gasteiger charge is 2.25. The van der Waals surface area contributed by atoms with Crippen LogP contribution in [-0.4, -0.2) is 49.9 Å². The third kappa shape index (κ3) is 53.6. The summed E-state index contributed by atoms with van der Waals surface area (Å²) in [5.41, 5.74) is 5.39. The number of hydrogen-bond donors (Lipinski definition) is 2. The van der Waals surface area contributed by atoms with E-state index >= 15 is 0 Å². The third-order valence-electron chi connectivity index (χ3n) is 10.6. The summed E-state index contributed by atoms with van der Waals surface area (Å²) >= 11 is 0. The molecule has 0 rings (SSSR count). The number of unbranched alkanes of at least 4 members (excludes halogenated alkanes) is 14. The van der Waals surface area contributed by atoms with E-state index in [-0.39, 0.29) is 38.8 Å². The zero-order chi connectivity index (χ0) is 49.4. The zero-order valence-corrected chi connectivity index (χ0v) is 43.9. The molecule has 0 aliphatic heterocycles.